The molecule has 0 bridgehead atoms. The molecule has 1 amide bonds. The van der Waals surface area contributed by atoms with E-state index in [4.69, 9.17) is 11.6 Å². The average molecular weight is 336 g/mol. The zero-order valence-electron chi connectivity index (χ0n) is 13.1. The number of amides is 1. The molecule has 4 nitrogen and oxygen atoms in total. The van der Waals surface area contributed by atoms with Crippen LogP contribution in [0.3, 0.4) is 0 Å². The van der Waals surface area contributed by atoms with Crippen molar-refractivity contribution in [2.24, 2.45) is 0 Å². The molecular weight excluding hydrogens is 317 g/mol. The van der Waals surface area contributed by atoms with Gasteiger partial charge in [0.25, 0.3) is 5.91 Å². The number of nitrogens with one attached hydrogen (secondary N) is 1. The Morgan fingerprint density at radius 2 is 2.04 bits per heavy atom. The van der Waals surface area contributed by atoms with Gasteiger partial charge in [0, 0.05) is 19.3 Å². The molecule has 0 saturated carbocycles. The third-order valence-electron chi connectivity index (χ3n) is 3.38. The number of anilines is 2. The predicted octanol–water partition coefficient (Wildman–Crippen LogP) is 4.49. The number of hydrogen-bond acceptors (Lipinski definition) is 3. The predicted molar refractivity (Wildman–Crippen MR) is 90.8 cm³/mol. The average Bonchev–Trinajstić information content (AvgIpc) is 2.56. The number of unbranched alkanes of at least 4 members (excludes halogenated alkanes) is 1. The minimum Gasteiger partial charge on any atom is -0.354 e. The van der Waals surface area contributed by atoms with Crippen LogP contribution >= 0.6 is 11.6 Å². The molecule has 0 fully saturated rings. The molecular formula is C17H19ClFN3O. The molecule has 0 radical (unpaired) electrons. The second-order valence-electron chi connectivity index (χ2n) is 5.27. The van der Waals surface area contributed by atoms with Crippen molar-refractivity contribution >= 4 is 28.9 Å². The summed E-state index contributed by atoms with van der Waals surface area (Å²) < 4.78 is 13.1. The fourth-order valence-electron chi connectivity index (χ4n) is 2.03. The van der Waals surface area contributed by atoms with Gasteiger partial charge in [-0.3, -0.25) is 4.79 Å². The summed E-state index contributed by atoms with van der Waals surface area (Å²) in [5.74, 6) is -0.568. The highest BCUT2D eigenvalue weighted by Gasteiger charge is 2.12. The van der Waals surface area contributed by atoms with Crippen molar-refractivity contribution < 1.29 is 9.18 Å². The first-order valence-electron chi connectivity index (χ1n) is 7.45. The summed E-state index contributed by atoms with van der Waals surface area (Å²) in [5.41, 5.74) is 1.74. The summed E-state index contributed by atoms with van der Waals surface area (Å²) in [5, 5.41) is 3.11. The number of carbonyl (C=O) groups excluding carboxylic acids is 1. The van der Waals surface area contributed by atoms with Gasteiger partial charge in [0.05, 0.1) is 16.9 Å². The third kappa shape index (κ3) is 4.66. The van der Waals surface area contributed by atoms with Crippen LogP contribution in [0, 0.1) is 5.82 Å². The SMILES string of the molecule is CCCCN(C)C(=O)c1ccc(Nc2ccc(F)c(Cl)c2)cn1. The van der Waals surface area contributed by atoms with E-state index in [1.165, 1.54) is 12.1 Å². The lowest BCUT2D eigenvalue weighted by Gasteiger charge is -2.16. The molecule has 122 valence electrons. The van der Waals surface area contributed by atoms with Crippen LogP contribution in [0.4, 0.5) is 15.8 Å². The Hall–Kier alpha value is -2.14. The first kappa shape index (κ1) is 17.2. The van der Waals surface area contributed by atoms with Crippen molar-refractivity contribution in [3.05, 3.63) is 53.1 Å². The molecule has 1 N–H and O–H groups in total. The van der Waals surface area contributed by atoms with Crippen LogP contribution in [0.25, 0.3) is 0 Å². The second-order valence-corrected chi connectivity index (χ2v) is 5.67. The van der Waals surface area contributed by atoms with Gasteiger partial charge >= 0.3 is 0 Å². The summed E-state index contributed by atoms with van der Waals surface area (Å²) in [7, 11) is 1.77. The number of pyridine rings is 1. The van der Waals surface area contributed by atoms with E-state index in [1.54, 1.807) is 36.3 Å². The van der Waals surface area contributed by atoms with E-state index in [0.29, 0.717) is 23.6 Å². The zero-order valence-corrected chi connectivity index (χ0v) is 13.9. The molecule has 0 atom stereocenters. The number of benzene rings is 1. The lowest BCUT2D eigenvalue weighted by Crippen LogP contribution is -2.28. The molecule has 0 aliphatic carbocycles. The first-order chi connectivity index (χ1) is 11.0. The quantitative estimate of drug-likeness (QED) is 0.846. The second kappa shape index (κ2) is 7.92. The van der Waals surface area contributed by atoms with Gasteiger partial charge in [-0.15, -0.1) is 0 Å². The van der Waals surface area contributed by atoms with Gasteiger partial charge in [0.1, 0.15) is 11.5 Å². The molecule has 0 unspecified atom stereocenters. The maximum absolute atomic E-state index is 13.1. The molecule has 1 aromatic heterocycles. The topological polar surface area (TPSA) is 45.2 Å². The van der Waals surface area contributed by atoms with Gasteiger partial charge in [-0.05, 0) is 36.8 Å². The minimum atomic E-state index is -0.466. The van der Waals surface area contributed by atoms with Crippen molar-refractivity contribution in [2.45, 2.75) is 19.8 Å². The lowest BCUT2D eigenvalue weighted by molar-refractivity contribution is 0.0787. The molecule has 2 aromatic rings. The van der Waals surface area contributed by atoms with Crippen molar-refractivity contribution in [3.8, 4) is 0 Å². The van der Waals surface area contributed by atoms with Crippen molar-refractivity contribution in [2.75, 3.05) is 18.9 Å². The number of carbonyl (C=O) groups is 1. The monoisotopic (exact) mass is 335 g/mol. The van der Waals surface area contributed by atoms with Crippen LogP contribution in [0.15, 0.2) is 36.5 Å². The maximum Gasteiger partial charge on any atom is 0.272 e. The number of hydrogen-bond donors (Lipinski definition) is 1. The Balaban J connectivity index is 2.04. The summed E-state index contributed by atoms with van der Waals surface area (Å²) in [4.78, 5) is 18.0. The number of rotatable bonds is 6. The van der Waals surface area contributed by atoms with Gasteiger partial charge in [0.2, 0.25) is 0 Å². The molecule has 6 heteroatoms. The Morgan fingerprint density at radius 1 is 1.30 bits per heavy atom. The van der Waals surface area contributed by atoms with Crippen LogP contribution in [-0.4, -0.2) is 29.4 Å². The van der Waals surface area contributed by atoms with Gasteiger partial charge in [-0.2, -0.15) is 0 Å². The zero-order chi connectivity index (χ0) is 16.8. The Morgan fingerprint density at radius 3 is 2.65 bits per heavy atom. The largest absolute Gasteiger partial charge is 0.354 e. The van der Waals surface area contributed by atoms with Crippen LogP contribution < -0.4 is 5.32 Å². The minimum absolute atomic E-state index is 0.0484. The van der Waals surface area contributed by atoms with E-state index in [9.17, 15) is 9.18 Å². The summed E-state index contributed by atoms with van der Waals surface area (Å²) in [6, 6.07) is 7.79. The summed E-state index contributed by atoms with van der Waals surface area (Å²) in [6.07, 6.45) is 3.57. The highest BCUT2D eigenvalue weighted by atomic mass is 35.5. The summed E-state index contributed by atoms with van der Waals surface area (Å²) >= 11 is 5.74. The molecule has 0 aliphatic heterocycles. The van der Waals surface area contributed by atoms with Crippen molar-refractivity contribution in [3.63, 3.8) is 0 Å². The molecule has 0 aliphatic rings. The number of aromatic nitrogens is 1. The fourth-order valence-corrected chi connectivity index (χ4v) is 2.21. The van der Waals surface area contributed by atoms with Crippen molar-refractivity contribution in [1.82, 2.24) is 9.88 Å². The molecule has 2 rings (SSSR count). The number of halogens is 2. The van der Waals surface area contributed by atoms with Crippen LogP contribution in [0.2, 0.25) is 5.02 Å². The van der Waals surface area contributed by atoms with E-state index in [-0.39, 0.29) is 10.9 Å². The normalized spacial score (nSPS) is 10.4. The lowest BCUT2D eigenvalue weighted by atomic mass is 10.2. The molecule has 23 heavy (non-hydrogen) atoms. The molecule has 0 spiro atoms. The van der Waals surface area contributed by atoms with Gasteiger partial charge in [-0.1, -0.05) is 24.9 Å². The first-order valence-corrected chi connectivity index (χ1v) is 7.82. The smallest absolute Gasteiger partial charge is 0.272 e. The molecule has 1 aromatic carbocycles. The van der Waals surface area contributed by atoms with Gasteiger partial charge in [-0.25, -0.2) is 9.37 Å². The van der Waals surface area contributed by atoms with Crippen LogP contribution in [-0.2, 0) is 0 Å². The molecule has 1 heterocycles. The van der Waals surface area contributed by atoms with E-state index < -0.39 is 5.82 Å². The molecule has 0 saturated heterocycles. The Kier molecular flexibility index (Phi) is 5.93. The van der Waals surface area contributed by atoms with Gasteiger partial charge in [0.15, 0.2) is 0 Å². The van der Waals surface area contributed by atoms with E-state index in [1.807, 2.05) is 0 Å². The van der Waals surface area contributed by atoms with Gasteiger partial charge < -0.3 is 10.2 Å². The third-order valence-corrected chi connectivity index (χ3v) is 3.67. The Bertz CT molecular complexity index is 676. The van der Waals surface area contributed by atoms with E-state index >= 15 is 0 Å². The highest BCUT2D eigenvalue weighted by Crippen LogP contribution is 2.22. The van der Waals surface area contributed by atoms with E-state index in [2.05, 4.69) is 17.2 Å². The van der Waals surface area contributed by atoms with Crippen molar-refractivity contribution in [1.29, 1.82) is 0 Å². The fraction of sp³-hybridized carbons (Fsp3) is 0.294. The Labute approximate surface area is 140 Å². The van der Waals surface area contributed by atoms with Crippen LogP contribution in [0.5, 0.6) is 0 Å². The maximum atomic E-state index is 13.1. The number of nitrogens with zero attached hydrogens (tertiary/aromatic N) is 2. The summed E-state index contributed by atoms with van der Waals surface area (Å²) in [6.45, 7) is 2.80. The van der Waals surface area contributed by atoms with Crippen LogP contribution in [0.1, 0.15) is 30.3 Å². The van der Waals surface area contributed by atoms with E-state index in [0.717, 1.165) is 12.8 Å². The standard InChI is InChI=1S/C17H19ClFN3O/c1-3-4-9-22(2)17(23)16-8-6-13(11-20-16)21-12-5-7-15(19)14(18)10-12/h5-8,10-11,21H,3-4,9H2,1-2H3. The highest BCUT2D eigenvalue weighted by molar-refractivity contribution is 6.31.